The molecule has 0 saturated carbocycles. The van der Waals surface area contributed by atoms with Gasteiger partial charge in [-0.2, -0.15) is 13.2 Å². The van der Waals surface area contributed by atoms with Crippen LogP contribution >= 0.6 is 0 Å². The zero-order valence-corrected chi connectivity index (χ0v) is 19.6. The molecule has 0 bridgehead atoms. The summed E-state index contributed by atoms with van der Waals surface area (Å²) in [5.74, 6) is 0.492. The van der Waals surface area contributed by atoms with Gasteiger partial charge in [0.25, 0.3) is 0 Å². The molecule has 0 saturated heterocycles. The lowest BCUT2D eigenvalue weighted by molar-refractivity contribution is -0.258. The summed E-state index contributed by atoms with van der Waals surface area (Å²) in [7, 11) is 0. The standard InChI is InChI=1S/C28H26F3N3/c1-4-18(3)26(20-12-7-6-11-19(20)5-2)34-27-22-14-10-16-32-24(22)17-25(33-27)21-13-8-9-15-23(21)28(29,30)31/h6,8-11,13-15,17H,4-5,7,12H2,1-3H3/p+1/b26-18+. The predicted octanol–water partition coefficient (Wildman–Crippen LogP) is 7.47. The number of nitrogens with one attached hydrogen (secondary N) is 1. The van der Waals surface area contributed by atoms with Gasteiger partial charge in [0.2, 0.25) is 0 Å². The minimum atomic E-state index is -4.49. The van der Waals surface area contributed by atoms with Gasteiger partial charge in [-0.05, 0) is 66.4 Å². The molecule has 4 rings (SSSR count). The highest BCUT2D eigenvalue weighted by Crippen LogP contribution is 2.38. The Morgan fingerprint density at radius 3 is 2.71 bits per heavy atom. The Hall–Kier alpha value is -3.59. The molecule has 174 valence electrons. The monoisotopic (exact) mass is 462 g/mol. The number of aromatic nitrogens is 2. The molecule has 2 aromatic heterocycles. The van der Waals surface area contributed by atoms with Crippen molar-refractivity contribution in [2.45, 2.75) is 52.6 Å². The number of hydrogen-bond acceptors (Lipinski definition) is 2. The molecule has 0 spiro atoms. The molecular formula is C28H27F3N3+. The van der Waals surface area contributed by atoms with Crippen molar-refractivity contribution in [1.82, 2.24) is 4.98 Å². The van der Waals surface area contributed by atoms with E-state index in [9.17, 15) is 13.2 Å². The molecule has 0 aliphatic heterocycles. The molecule has 1 aromatic carbocycles. The first kappa shape index (κ1) is 23.6. The van der Waals surface area contributed by atoms with Crippen molar-refractivity contribution in [2.24, 2.45) is 0 Å². The van der Waals surface area contributed by atoms with Gasteiger partial charge in [-0.3, -0.25) is 0 Å². The van der Waals surface area contributed by atoms with Crippen LogP contribution in [0.15, 0.2) is 77.0 Å². The minimum absolute atomic E-state index is 0.0254. The smallest absolute Gasteiger partial charge is 0.339 e. The molecule has 1 aliphatic rings. The molecule has 0 fully saturated rings. The van der Waals surface area contributed by atoms with Gasteiger partial charge >= 0.3 is 17.9 Å². The fourth-order valence-electron chi connectivity index (χ4n) is 4.28. The first-order valence-corrected chi connectivity index (χ1v) is 11.5. The van der Waals surface area contributed by atoms with Gasteiger partial charge < -0.3 is 5.32 Å². The van der Waals surface area contributed by atoms with E-state index in [0.717, 1.165) is 42.8 Å². The van der Waals surface area contributed by atoms with Gasteiger partial charge in [-0.1, -0.05) is 44.2 Å². The topological polar surface area (TPSA) is 39.0 Å². The quantitative estimate of drug-likeness (QED) is 0.413. The highest BCUT2D eigenvalue weighted by molar-refractivity contribution is 5.91. The number of alkyl halides is 3. The van der Waals surface area contributed by atoms with Crippen molar-refractivity contribution < 1.29 is 18.2 Å². The number of pyridine rings is 1. The second-order valence-electron chi connectivity index (χ2n) is 8.34. The lowest BCUT2D eigenvalue weighted by Crippen LogP contribution is -2.12. The average molecular weight is 463 g/mol. The Morgan fingerprint density at radius 1 is 1.18 bits per heavy atom. The van der Waals surface area contributed by atoms with Crippen LogP contribution in [-0.2, 0) is 6.18 Å². The maximum atomic E-state index is 13.7. The van der Waals surface area contributed by atoms with E-state index in [1.54, 1.807) is 18.2 Å². The fraction of sp³-hybridized carbons (Fsp3) is 0.286. The zero-order valence-electron chi connectivity index (χ0n) is 19.6. The lowest BCUT2D eigenvalue weighted by atomic mass is 9.91. The van der Waals surface area contributed by atoms with Gasteiger partial charge in [0.15, 0.2) is 0 Å². The van der Waals surface area contributed by atoms with Crippen LogP contribution in [0.1, 0.15) is 52.0 Å². The van der Waals surface area contributed by atoms with E-state index in [1.807, 2.05) is 6.07 Å². The van der Waals surface area contributed by atoms with Crippen LogP contribution in [0, 0.1) is 6.20 Å². The number of nitrogens with zero attached hydrogens (tertiary/aromatic N) is 2. The highest BCUT2D eigenvalue weighted by atomic mass is 19.4. The van der Waals surface area contributed by atoms with E-state index in [1.165, 1.54) is 28.9 Å². The molecular weight excluding hydrogens is 435 g/mol. The maximum absolute atomic E-state index is 13.7. The molecule has 1 N–H and O–H groups in total. The summed E-state index contributed by atoms with van der Waals surface area (Å²) in [6.07, 6.45) is 6.25. The van der Waals surface area contributed by atoms with Crippen LogP contribution in [0.4, 0.5) is 19.0 Å². The number of fused-ring (bicyclic) bond motifs is 1. The molecule has 0 radical (unpaired) electrons. The third-order valence-electron chi connectivity index (χ3n) is 6.21. The summed E-state index contributed by atoms with van der Waals surface area (Å²) >= 11 is 0. The molecule has 0 atom stereocenters. The van der Waals surface area contributed by atoms with Gasteiger partial charge in [0.1, 0.15) is 11.2 Å². The van der Waals surface area contributed by atoms with Gasteiger partial charge in [-0.25, -0.2) is 4.98 Å². The maximum Gasteiger partial charge on any atom is 0.417 e. The zero-order chi connectivity index (χ0) is 24.3. The Morgan fingerprint density at radius 2 is 1.97 bits per heavy atom. The summed E-state index contributed by atoms with van der Waals surface area (Å²) in [6.45, 7) is 6.31. The minimum Gasteiger partial charge on any atom is -0.339 e. The molecule has 3 aromatic rings. The number of benzene rings is 1. The Balaban J connectivity index is 1.92. The first-order chi connectivity index (χ1) is 16.3. The molecule has 6 heteroatoms. The van der Waals surface area contributed by atoms with Crippen LogP contribution in [-0.4, -0.2) is 4.98 Å². The van der Waals surface area contributed by atoms with E-state index >= 15 is 0 Å². The van der Waals surface area contributed by atoms with Crippen LogP contribution in [0.2, 0.25) is 0 Å². The number of allylic oxidation sites excluding steroid dienone is 5. The summed E-state index contributed by atoms with van der Waals surface area (Å²) in [5, 5.41) is 4.25. The summed E-state index contributed by atoms with van der Waals surface area (Å²) in [5.41, 5.74) is 4.71. The lowest BCUT2D eigenvalue weighted by Gasteiger charge is -2.22. The average Bonchev–Trinajstić information content (AvgIpc) is 2.86. The second-order valence-corrected chi connectivity index (χ2v) is 8.34. The van der Waals surface area contributed by atoms with Crippen LogP contribution < -0.4 is 10.3 Å². The molecule has 3 nitrogen and oxygen atoms in total. The predicted molar refractivity (Wildman–Crippen MR) is 129 cm³/mol. The fourth-order valence-corrected chi connectivity index (χ4v) is 4.28. The Labute approximate surface area is 198 Å². The number of hydrogen-bond donors (Lipinski definition) is 1. The molecule has 0 unspecified atom stereocenters. The molecule has 34 heavy (non-hydrogen) atoms. The van der Waals surface area contributed by atoms with Crippen molar-refractivity contribution in [3.63, 3.8) is 0 Å². The SMILES string of the molecule is CCC1=C(/C(Nc2nc(-c3ccccc3C(F)(F)F)cc3[n+]#cccc23)=C(/C)CC)CCC=C1. The van der Waals surface area contributed by atoms with Crippen molar-refractivity contribution in [3.8, 4) is 11.3 Å². The van der Waals surface area contributed by atoms with Crippen molar-refractivity contribution in [2.75, 3.05) is 5.32 Å². The van der Waals surface area contributed by atoms with Crippen LogP contribution in [0.25, 0.3) is 22.2 Å². The number of anilines is 1. The molecule has 2 heterocycles. The van der Waals surface area contributed by atoms with E-state index in [2.05, 4.69) is 49.4 Å². The van der Waals surface area contributed by atoms with Crippen LogP contribution in [0.3, 0.4) is 0 Å². The van der Waals surface area contributed by atoms with Crippen molar-refractivity contribution >= 4 is 16.7 Å². The summed E-state index contributed by atoms with van der Waals surface area (Å²) < 4.78 is 41.2. The summed E-state index contributed by atoms with van der Waals surface area (Å²) in [6, 6.07) is 10.6. The van der Waals surface area contributed by atoms with Crippen molar-refractivity contribution in [1.29, 1.82) is 0 Å². The van der Waals surface area contributed by atoms with Gasteiger partial charge in [-0.15, -0.1) is 0 Å². The number of halogens is 3. The van der Waals surface area contributed by atoms with E-state index in [0.29, 0.717) is 11.3 Å². The van der Waals surface area contributed by atoms with E-state index in [4.69, 9.17) is 4.98 Å². The van der Waals surface area contributed by atoms with Gasteiger partial charge in [0.05, 0.1) is 23.4 Å². The Bertz CT molecular complexity index is 1300. The van der Waals surface area contributed by atoms with Crippen molar-refractivity contribution in [3.05, 3.63) is 88.8 Å². The third kappa shape index (κ3) is 4.70. The molecule has 0 amide bonds. The third-order valence-corrected chi connectivity index (χ3v) is 6.21. The first-order valence-electron chi connectivity index (χ1n) is 11.5. The second kappa shape index (κ2) is 9.72. The molecule has 1 aliphatic carbocycles. The van der Waals surface area contributed by atoms with Crippen LogP contribution in [0.5, 0.6) is 0 Å². The normalized spacial score (nSPS) is 14.8. The van der Waals surface area contributed by atoms with Gasteiger partial charge in [0, 0.05) is 11.3 Å². The highest BCUT2D eigenvalue weighted by Gasteiger charge is 2.34. The summed E-state index contributed by atoms with van der Waals surface area (Å²) in [4.78, 5) is 9.02. The Kier molecular flexibility index (Phi) is 6.74. The number of rotatable bonds is 6. The van der Waals surface area contributed by atoms with E-state index < -0.39 is 11.7 Å². The van der Waals surface area contributed by atoms with E-state index in [-0.39, 0.29) is 11.3 Å². The largest absolute Gasteiger partial charge is 0.417 e.